The number of rotatable bonds is 5. The quantitative estimate of drug-likeness (QED) is 0.792. The van der Waals surface area contributed by atoms with Crippen LogP contribution in [0.4, 0.5) is 0 Å². The lowest BCUT2D eigenvalue weighted by molar-refractivity contribution is 0.0510. The highest BCUT2D eigenvalue weighted by atomic mass is 16.5. The van der Waals surface area contributed by atoms with E-state index in [0.29, 0.717) is 5.69 Å². The van der Waals surface area contributed by atoms with Crippen LogP contribution in [0.5, 0.6) is 5.75 Å². The number of para-hydroxylation sites is 1. The first-order chi connectivity index (χ1) is 10.5. The van der Waals surface area contributed by atoms with Crippen molar-refractivity contribution in [2.75, 3.05) is 6.61 Å². The van der Waals surface area contributed by atoms with E-state index in [1.165, 1.54) is 6.07 Å². The summed E-state index contributed by atoms with van der Waals surface area (Å²) in [5.74, 6) is -0.492. The molecule has 0 atom stereocenters. The van der Waals surface area contributed by atoms with Gasteiger partial charge in [0.05, 0.1) is 24.5 Å². The maximum absolute atomic E-state index is 12.2. The molecule has 0 aliphatic rings. The predicted octanol–water partition coefficient (Wildman–Crippen LogP) is 2.20. The lowest BCUT2D eigenvalue weighted by atomic mass is 10.3. The molecule has 0 saturated carbocycles. The molecule has 0 amide bonds. The molecule has 0 unspecified atom stereocenters. The molecule has 0 saturated heterocycles. The largest absolute Gasteiger partial charge is 0.488 e. The van der Waals surface area contributed by atoms with Crippen molar-refractivity contribution >= 4 is 5.97 Å². The molecule has 2 rings (SSSR count). The second kappa shape index (κ2) is 6.89. The highest BCUT2D eigenvalue weighted by molar-refractivity contribution is 5.90. The van der Waals surface area contributed by atoms with Crippen molar-refractivity contribution in [2.45, 2.75) is 26.9 Å². The van der Waals surface area contributed by atoms with Gasteiger partial charge in [0.2, 0.25) is 5.69 Å². The van der Waals surface area contributed by atoms with Gasteiger partial charge in [-0.05, 0) is 32.9 Å². The van der Waals surface area contributed by atoms with Gasteiger partial charge >= 0.3 is 5.97 Å². The Labute approximate surface area is 128 Å². The van der Waals surface area contributed by atoms with Crippen LogP contribution in [0.15, 0.2) is 41.2 Å². The fourth-order valence-electron chi connectivity index (χ4n) is 1.88. The van der Waals surface area contributed by atoms with Gasteiger partial charge in [-0.2, -0.15) is 9.78 Å². The average Bonchev–Trinajstić information content (AvgIpc) is 2.48. The first kappa shape index (κ1) is 15.8. The number of hydrogen-bond acceptors (Lipinski definition) is 5. The molecular weight excluding hydrogens is 284 g/mol. The van der Waals surface area contributed by atoms with E-state index >= 15 is 0 Å². The Morgan fingerprint density at radius 1 is 1.27 bits per heavy atom. The van der Waals surface area contributed by atoms with Gasteiger partial charge in [-0.3, -0.25) is 4.79 Å². The zero-order valence-corrected chi connectivity index (χ0v) is 12.8. The molecule has 0 radical (unpaired) electrons. The molecule has 0 bridgehead atoms. The van der Waals surface area contributed by atoms with Gasteiger partial charge < -0.3 is 9.47 Å². The third kappa shape index (κ3) is 3.52. The van der Waals surface area contributed by atoms with E-state index in [1.807, 2.05) is 6.07 Å². The van der Waals surface area contributed by atoms with Crippen LogP contribution < -0.4 is 10.3 Å². The predicted molar refractivity (Wildman–Crippen MR) is 81.6 cm³/mol. The van der Waals surface area contributed by atoms with Crippen molar-refractivity contribution in [1.82, 2.24) is 9.78 Å². The molecule has 6 nitrogen and oxygen atoms in total. The number of aromatic nitrogens is 2. The van der Waals surface area contributed by atoms with Gasteiger partial charge in [-0.15, -0.1) is 0 Å². The lowest BCUT2D eigenvalue weighted by Gasteiger charge is -2.14. The summed E-state index contributed by atoms with van der Waals surface area (Å²) in [5, 5.41) is 4.12. The van der Waals surface area contributed by atoms with E-state index in [2.05, 4.69) is 5.10 Å². The number of ether oxygens (including phenoxy) is 2. The van der Waals surface area contributed by atoms with Crippen LogP contribution >= 0.6 is 0 Å². The van der Waals surface area contributed by atoms with Crippen LogP contribution in [0.25, 0.3) is 5.69 Å². The van der Waals surface area contributed by atoms with Gasteiger partial charge in [0.15, 0.2) is 5.75 Å². The third-order valence-corrected chi connectivity index (χ3v) is 2.73. The van der Waals surface area contributed by atoms with Crippen LogP contribution in [-0.4, -0.2) is 28.5 Å². The summed E-state index contributed by atoms with van der Waals surface area (Å²) in [6.45, 7) is 5.52. The average molecular weight is 302 g/mol. The summed E-state index contributed by atoms with van der Waals surface area (Å²) >= 11 is 0. The van der Waals surface area contributed by atoms with E-state index in [9.17, 15) is 9.59 Å². The number of nitrogens with zero attached hydrogens (tertiary/aromatic N) is 2. The minimum absolute atomic E-state index is 0.0148. The second-order valence-corrected chi connectivity index (χ2v) is 4.83. The van der Waals surface area contributed by atoms with Crippen molar-refractivity contribution < 1.29 is 14.3 Å². The molecule has 6 heteroatoms. The number of carbonyl (C=O) groups excluding carboxylic acids is 1. The monoisotopic (exact) mass is 302 g/mol. The van der Waals surface area contributed by atoms with Gasteiger partial charge in [-0.25, -0.2) is 4.79 Å². The van der Waals surface area contributed by atoms with Crippen LogP contribution in [0, 0.1) is 0 Å². The van der Waals surface area contributed by atoms with E-state index in [0.717, 1.165) is 4.68 Å². The van der Waals surface area contributed by atoms with Crippen molar-refractivity contribution in [3.63, 3.8) is 0 Å². The zero-order valence-electron chi connectivity index (χ0n) is 12.8. The smallest absolute Gasteiger partial charge is 0.362 e. The SMILES string of the molecule is CCOC(=O)c1nn(-c2ccccc2)c(=O)cc1OC(C)C. The number of esters is 1. The van der Waals surface area contributed by atoms with Crippen LogP contribution in [0.2, 0.25) is 0 Å². The molecule has 1 aromatic carbocycles. The number of benzene rings is 1. The maximum atomic E-state index is 12.2. The first-order valence-electron chi connectivity index (χ1n) is 7.06. The first-order valence-corrected chi connectivity index (χ1v) is 7.06. The minimum atomic E-state index is -0.622. The minimum Gasteiger partial charge on any atom is -0.488 e. The molecule has 116 valence electrons. The molecule has 22 heavy (non-hydrogen) atoms. The summed E-state index contributed by atoms with van der Waals surface area (Å²) in [6, 6.07) is 10.1. The Balaban J connectivity index is 2.56. The highest BCUT2D eigenvalue weighted by Crippen LogP contribution is 2.17. The van der Waals surface area contributed by atoms with Crippen LogP contribution in [-0.2, 0) is 4.74 Å². The normalized spacial score (nSPS) is 10.5. The number of hydrogen-bond donors (Lipinski definition) is 0. The third-order valence-electron chi connectivity index (χ3n) is 2.73. The fourth-order valence-corrected chi connectivity index (χ4v) is 1.88. The summed E-state index contributed by atoms with van der Waals surface area (Å²) in [4.78, 5) is 24.3. The topological polar surface area (TPSA) is 70.4 Å². The fraction of sp³-hybridized carbons (Fsp3) is 0.312. The summed E-state index contributed by atoms with van der Waals surface area (Å²) in [6.07, 6.45) is -0.193. The zero-order chi connectivity index (χ0) is 16.1. The van der Waals surface area contributed by atoms with Gasteiger partial charge in [0, 0.05) is 0 Å². The second-order valence-electron chi connectivity index (χ2n) is 4.83. The van der Waals surface area contributed by atoms with E-state index in [4.69, 9.17) is 9.47 Å². The summed E-state index contributed by atoms with van der Waals surface area (Å²) in [5.41, 5.74) is 0.169. The Kier molecular flexibility index (Phi) is 4.93. The molecule has 2 aromatic rings. The van der Waals surface area contributed by atoms with Crippen molar-refractivity contribution in [3.8, 4) is 11.4 Å². The maximum Gasteiger partial charge on any atom is 0.362 e. The van der Waals surface area contributed by atoms with Crippen molar-refractivity contribution in [2.24, 2.45) is 0 Å². The Morgan fingerprint density at radius 2 is 1.95 bits per heavy atom. The molecule has 1 heterocycles. The molecule has 0 fully saturated rings. The van der Waals surface area contributed by atoms with Gasteiger partial charge in [0.1, 0.15) is 0 Å². The van der Waals surface area contributed by atoms with Crippen molar-refractivity contribution in [1.29, 1.82) is 0 Å². The Bertz CT molecular complexity index is 708. The Hall–Kier alpha value is -2.63. The molecule has 0 aliphatic carbocycles. The van der Waals surface area contributed by atoms with Crippen molar-refractivity contribution in [3.05, 3.63) is 52.4 Å². The standard InChI is InChI=1S/C16H18N2O4/c1-4-21-16(20)15-13(22-11(2)3)10-14(19)18(17-15)12-8-6-5-7-9-12/h5-11H,4H2,1-3H3. The molecule has 0 N–H and O–H groups in total. The Morgan fingerprint density at radius 3 is 2.55 bits per heavy atom. The van der Waals surface area contributed by atoms with Gasteiger partial charge in [0.25, 0.3) is 5.56 Å². The molecular formula is C16H18N2O4. The van der Waals surface area contributed by atoms with E-state index in [1.54, 1.807) is 45.0 Å². The van der Waals surface area contributed by atoms with Crippen LogP contribution in [0.1, 0.15) is 31.3 Å². The van der Waals surface area contributed by atoms with Crippen LogP contribution in [0.3, 0.4) is 0 Å². The summed E-state index contributed by atoms with van der Waals surface area (Å²) < 4.78 is 11.6. The summed E-state index contributed by atoms with van der Waals surface area (Å²) in [7, 11) is 0. The highest BCUT2D eigenvalue weighted by Gasteiger charge is 2.20. The van der Waals surface area contributed by atoms with Gasteiger partial charge in [-0.1, -0.05) is 18.2 Å². The van der Waals surface area contributed by atoms with E-state index in [-0.39, 0.29) is 29.7 Å². The molecule has 0 aliphatic heterocycles. The molecule has 1 aromatic heterocycles. The molecule has 0 spiro atoms. The lowest BCUT2D eigenvalue weighted by Crippen LogP contribution is -2.26. The number of carbonyl (C=O) groups is 1. The van der Waals surface area contributed by atoms with E-state index < -0.39 is 5.97 Å².